The standard InChI is InChI=1S/C9H12N2O5/c1-6(15)10-8(5-14)9(16)11-7(4-13)2-3-12/h7-8,14H,2,5H2,1H3,(H,10,15)(H,11,16)/t7-,8-/m0/s1. The summed E-state index contributed by atoms with van der Waals surface area (Å²) in [5.74, 6) is -1.26. The van der Waals surface area contributed by atoms with Crippen LogP contribution in [0.5, 0.6) is 0 Å². The molecular weight excluding hydrogens is 216 g/mol. The van der Waals surface area contributed by atoms with Crippen LogP contribution in [0, 0.1) is 0 Å². The third-order valence-electron chi connectivity index (χ3n) is 1.62. The smallest absolute Gasteiger partial charge is 0.245 e. The van der Waals surface area contributed by atoms with Crippen molar-refractivity contribution in [2.45, 2.75) is 25.4 Å². The minimum absolute atomic E-state index is 0.326. The van der Waals surface area contributed by atoms with Gasteiger partial charge in [-0.3, -0.25) is 19.2 Å². The monoisotopic (exact) mass is 228 g/mol. The predicted molar refractivity (Wildman–Crippen MR) is 52.6 cm³/mol. The van der Waals surface area contributed by atoms with Crippen molar-refractivity contribution in [2.75, 3.05) is 6.61 Å². The van der Waals surface area contributed by atoms with Gasteiger partial charge in [-0.2, -0.15) is 0 Å². The first kappa shape index (κ1) is 14.2. The number of amides is 2. The topological polar surface area (TPSA) is 113 Å². The number of rotatable bonds is 7. The molecule has 0 saturated carbocycles. The van der Waals surface area contributed by atoms with Gasteiger partial charge in [0.1, 0.15) is 12.1 Å². The lowest BCUT2D eigenvalue weighted by Gasteiger charge is -2.16. The van der Waals surface area contributed by atoms with Gasteiger partial charge in [0.15, 0.2) is 0 Å². The maximum absolute atomic E-state index is 11.4. The highest BCUT2D eigenvalue weighted by molar-refractivity contribution is 5.89. The number of carbonyl (C=O) groups excluding carboxylic acids is 4. The lowest BCUT2D eigenvalue weighted by molar-refractivity contribution is -0.129. The summed E-state index contributed by atoms with van der Waals surface area (Å²) in [6.45, 7) is 0.570. The molecule has 0 spiro atoms. The molecule has 0 unspecified atom stereocenters. The number of aliphatic hydroxyl groups excluding tert-OH is 1. The molecule has 2 amide bonds. The first-order valence-electron chi connectivity index (χ1n) is 4.46. The van der Waals surface area contributed by atoms with E-state index in [2.05, 4.69) is 10.6 Å². The summed E-state index contributed by atoms with van der Waals surface area (Å²) in [5, 5.41) is 13.1. The average Bonchev–Trinajstić information content (AvgIpc) is 2.24. The molecule has 16 heavy (non-hydrogen) atoms. The van der Waals surface area contributed by atoms with Gasteiger partial charge in [0.05, 0.1) is 6.61 Å². The highest BCUT2D eigenvalue weighted by atomic mass is 16.3. The Morgan fingerprint density at radius 2 is 1.94 bits per heavy atom. The first-order valence-corrected chi connectivity index (χ1v) is 4.46. The van der Waals surface area contributed by atoms with E-state index in [1.165, 1.54) is 19.5 Å². The molecule has 0 fully saturated rings. The molecule has 2 atom stereocenters. The molecule has 0 aromatic heterocycles. The van der Waals surface area contributed by atoms with Gasteiger partial charge < -0.3 is 15.7 Å². The fourth-order valence-electron chi connectivity index (χ4n) is 0.917. The Morgan fingerprint density at radius 3 is 2.31 bits per heavy atom. The van der Waals surface area contributed by atoms with E-state index in [0.29, 0.717) is 0 Å². The summed E-state index contributed by atoms with van der Waals surface area (Å²) in [4.78, 5) is 42.3. The fourth-order valence-corrected chi connectivity index (χ4v) is 0.917. The summed E-state index contributed by atoms with van der Waals surface area (Å²) in [5.41, 5.74) is 0. The molecule has 0 rings (SSSR count). The van der Waals surface area contributed by atoms with Crippen LogP contribution in [0.15, 0.2) is 0 Å². The molecule has 0 aromatic rings. The Hall–Kier alpha value is -1.76. The van der Waals surface area contributed by atoms with Crippen LogP contribution >= 0.6 is 0 Å². The molecule has 0 aliphatic heterocycles. The number of nitrogens with one attached hydrogen (secondary N) is 2. The molecule has 0 heterocycles. The molecule has 2 radical (unpaired) electrons. The molecule has 7 heteroatoms. The Morgan fingerprint density at radius 1 is 1.31 bits per heavy atom. The van der Waals surface area contributed by atoms with Crippen molar-refractivity contribution in [3.63, 3.8) is 0 Å². The van der Waals surface area contributed by atoms with E-state index >= 15 is 0 Å². The van der Waals surface area contributed by atoms with E-state index in [4.69, 9.17) is 5.11 Å². The van der Waals surface area contributed by atoms with Crippen molar-refractivity contribution in [1.29, 1.82) is 0 Å². The maximum atomic E-state index is 11.4. The highest BCUT2D eigenvalue weighted by Crippen LogP contribution is 1.89. The molecule has 3 N–H and O–H groups in total. The minimum atomic E-state index is -1.15. The van der Waals surface area contributed by atoms with Gasteiger partial charge in [-0.1, -0.05) is 0 Å². The summed E-state index contributed by atoms with van der Waals surface area (Å²) < 4.78 is 0. The number of hydrogen-bond donors (Lipinski definition) is 3. The summed E-state index contributed by atoms with van der Waals surface area (Å²) >= 11 is 0. The van der Waals surface area contributed by atoms with Gasteiger partial charge in [0, 0.05) is 13.3 Å². The lowest BCUT2D eigenvalue weighted by Crippen LogP contribution is -2.51. The third kappa shape index (κ3) is 5.20. The third-order valence-corrected chi connectivity index (χ3v) is 1.62. The van der Waals surface area contributed by atoms with Gasteiger partial charge >= 0.3 is 0 Å². The Balaban J connectivity index is 4.33. The van der Waals surface area contributed by atoms with Crippen molar-refractivity contribution in [1.82, 2.24) is 10.6 Å². The molecule has 0 bridgehead atoms. The zero-order valence-corrected chi connectivity index (χ0v) is 8.65. The van der Waals surface area contributed by atoms with Crippen LogP contribution in [-0.4, -0.2) is 48.2 Å². The Labute approximate surface area is 92.2 Å². The maximum Gasteiger partial charge on any atom is 0.245 e. The molecule has 0 aliphatic rings. The Bertz CT molecular complexity index is 279. The quantitative estimate of drug-likeness (QED) is 0.449. The second-order valence-corrected chi connectivity index (χ2v) is 2.96. The number of hydrogen-bond acceptors (Lipinski definition) is 5. The SMILES string of the molecule is CC(=O)N[C@@H](CO)C(=O)N[C@H]([C]=O)C[C]=O. The van der Waals surface area contributed by atoms with Crippen LogP contribution in [0.1, 0.15) is 13.3 Å². The van der Waals surface area contributed by atoms with E-state index in [-0.39, 0.29) is 6.42 Å². The molecule has 88 valence electrons. The van der Waals surface area contributed by atoms with Crippen molar-refractivity contribution in [2.24, 2.45) is 0 Å². The molecule has 0 saturated heterocycles. The van der Waals surface area contributed by atoms with Crippen LogP contribution in [-0.2, 0) is 19.2 Å². The lowest BCUT2D eigenvalue weighted by atomic mass is 10.2. The van der Waals surface area contributed by atoms with Crippen LogP contribution < -0.4 is 10.6 Å². The zero-order chi connectivity index (χ0) is 12.6. The normalized spacial score (nSPS) is 13.4. The van der Waals surface area contributed by atoms with Crippen LogP contribution in [0.3, 0.4) is 0 Å². The molecular formula is C9H12N2O5. The van der Waals surface area contributed by atoms with Gasteiger partial charge in [-0.05, 0) is 0 Å². The second-order valence-electron chi connectivity index (χ2n) is 2.96. The van der Waals surface area contributed by atoms with E-state index in [1.54, 1.807) is 0 Å². The van der Waals surface area contributed by atoms with Gasteiger partial charge in [-0.25, -0.2) is 0 Å². The average molecular weight is 228 g/mol. The Kier molecular flexibility index (Phi) is 6.69. The summed E-state index contributed by atoms with van der Waals surface area (Å²) in [6, 6.07) is -2.27. The van der Waals surface area contributed by atoms with Gasteiger partial charge in [0.2, 0.25) is 24.4 Å². The molecule has 0 aliphatic carbocycles. The largest absolute Gasteiger partial charge is 0.394 e. The summed E-state index contributed by atoms with van der Waals surface area (Å²) in [7, 11) is 0. The van der Waals surface area contributed by atoms with E-state index < -0.39 is 30.5 Å². The van der Waals surface area contributed by atoms with E-state index in [9.17, 15) is 19.2 Å². The summed E-state index contributed by atoms with van der Waals surface area (Å²) in [6.07, 6.45) is 2.55. The van der Waals surface area contributed by atoms with E-state index in [1.807, 2.05) is 0 Å². The van der Waals surface area contributed by atoms with Gasteiger partial charge in [-0.15, -0.1) is 0 Å². The number of aliphatic hydroxyl groups is 1. The van der Waals surface area contributed by atoms with Crippen molar-refractivity contribution < 1.29 is 24.3 Å². The van der Waals surface area contributed by atoms with Crippen LogP contribution in [0.4, 0.5) is 0 Å². The molecule has 0 aromatic carbocycles. The highest BCUT2D eigenvalue weighted by Gasteiger charge is 2.21. The van der Waals surface area contributed by atoms with Gasteiger partial charge in [0.25, 0.3) is 0 Å². The van der Waals surface area contributed by atoms with Crippen molar-refractivity contribution in [3.05, 3.63) is 0 Å². The van der Waals surface area contributed by atoms with Crippen LogP contribution in [0.25, 0.3) is 0 Å². The first-order chi connectivity index (χ1) is 7.54. The fraction of sp³-hybridized carbons (Fsp3) is 0.556. The van der Waals surface area contributed by atoms with Crippen molar-refractivity contribution >= 4 is 24.4 Å². The predicted octanol–water partition coefficient (Wildman–Crippen LogP) is -2.42. The minimum Gasteiger partial charge on any atom is -0.394 e. The molecule has 7 nitrogen and oxygen atoms in total. The van der Waals surface area contributed by atoms with E-state index in [0.717, 1.165) is 0 Å². The number of carbonyl (C=O) groups is 2. The zero-order valence-electron chi connectivity index (χ0n) is 8.65. The van der Waals surface area contributed by atoms with Crippen molar-refractivity contribution in [3.8, 4) is 0 Å². The van der Waals surface area contributed by atoms with Crippen LogP contribution in [0.2, 0.25) is 0 Å². The second kappa shape index (κ2) is 7.52.